The minimum Gasteiger partial charge on any atom is -0.508 e. The van der Waals surface area contributed by atoms with Crippen molar-refractivity contribution < 1.29 is 15.0 Å². The molecule has 0 spiro atoms. The molecule has 1 aromatic carbocycles. The van der Waals surface area contributed by atoms with Gasteiger partial charge in [-0.3, -0.25) is 4.79 Å². The van der Waals surface area contributed by atoms with E-state index in [2.05, 4.69) is 0 Å². The highest BCUT2D eigenvalue weighted by Crippen LogP contribution is 2.25. The number of rotatable bonds is 2. The zero-order valence-electron chi connectivity index (χ0n) is 11.0. The molecule has 1 aliphatic rings. The van der Waals surface area contributed by atoms with E-state index in [1.165, 1.54) is 18.2 Å². The lowest BCUT2D eigenvalue weighted by atomic mass is 9.96. The molecular formula is C14H20N2O3. The fourth-order valence-electron chi connectivity index (χ4n) is 2.64. The van der Waals surface area contributed by atoms with Crippen molar-refractivity contribution in [3.63, 3.8) is 0 Å². The molecule has 19 heavy (non-hydrogen) atoms. The van der Waals surface area contributed by atoms with Gasteiger partial charge in [-0.25, -0.2) is 0 Å². The molecule has 104 valence electrons. The lowest BCUT2D eigenvalue weighted by Gasteiger charge is -2.38. The number of benzene rings is 1. The molecule has 5 heteroatoms. The Balaban J connectivity index is 2.26. The minimum atomic E-state index is -0.187. The quantitative estimate of drug-likeness (QED) is 0.754. The average Bonchev–Trinajstić information content (AvgIpc) is 2.36. The maximum absolute atomic E-state index is 12.5. The van der Waals surface area contributed by atoms with Gasteiger partial charge in [-0.1, -0.05) is 0 Å². The summed E-state index contributed by atoms with van der Waals surface area (Å²) in [5.74, 6) is -0.413. The van der Waals surface area contributed by atoms with E-state index >= 15 is 0 Å². The van der Waals surface area contributed by atoms with Crippen LogP contribution in [0.5, 0.6) is 11.5 Å². The van der Waals surface area contributed by atoms with E-state index in [1.54, 1.807) is 4.90 Å². The van der Waals surface area contributed by atoms with Gasteiger partial charge in [0.05, 0.1) is 0 Å². The van der Waals surface area contributed by atoms with Crippen LogP contribution in [0.25, 0.3) is 0 Å². The second-order valence-electron chi connectivity index (χ2n) is 5.16. The van der Waals surface area contributed by atoms with Crippen LogP contribution in [0.3, 0.4) is 0 Å². The third-order valence-electron chi connectivity index (χ3n) is 3.57. The molecule has 1 heterocycles. The van der Waals surface area contributed by atoms with Crippen molar-refractivity contribution >= 4 is 5.91 Å². The van der Waals surface area contributed by atoms with E-state index in [1.807, 2.05) is 6.92 Å². The number of phenols is 2. The van der Waals surface area contributed by atoms with Gasteiger partial charge in [0.2, 0.25) is 0 Å². The number of nitrogens with zero attached hydrogens (tertiary/aromatic N) is 1. The fourth-order valence-corrected chi connectivity index (χ4v) is 2.64. The SMILES string of the molecule is CC(N)C1CCCCN1C(=O)c1cc(O)cc(O)c1. The van der Waals surface area contributed by atoms with Crippen LogP contribution in [0.1, 0.15) is 36.5 Å². The predicted molar refractivity (Wildman–Crippen MR) is 72.1 cm³/mol. The topological polar surface area (TPSA) is 86.8 Å². The van der Waals surface area contributed by atoms with Crippen LogP contribution in [-0.4, -0.2) is 39.6 Å². The number of nitrogens with two attached hydrogens (primary N) is 1. The smallest absolute Gasteiger partial charge is 0.254 e. The standard InChI is InChI=1S/C14H20N2O3/c1-9(15)13-4-2-3-5-16(13)14(19)10-6-11(17)8-12(18)7-10/h6-9,13,17-18H,2-5,15H2,1H3. The summed E-state index contributed by atoms with van der Waals surface area (Å²) in [5.41, 5.74) is 6.24. The Morgan fingerprint density at radius 2 is 1.95 bits per heavy atom. The van der Waals surface area contributed by atoms with Crippen LogP contribution >= 0.6 is 0 Å². The summed E-state index contributed by atoms with van der Waals surface area (Å²) >= 11 is 0. The van der Waals surface area contributed by atoms with E-state index in [0.717, 1.165) is 19.3 Å². The van der Waals surface area contributed by atoms with Crippen LogP contribution in [0, 0.1) is 0 Å². The van der Waals surface area contributed by atoms with Crippen LogP contribution < -0.4 is 5.73 Å². The maximum Gasteiger partial charge on any atom is 0.254 e. The van der Waals surface area contributed by atoms with Gasteiger partial charge in [-0.15, -0.1) is 0 Å². The summed E-state index contributed by atoms with van der Waals surface area (Å²) in [5, 5.41) is 18.9. The first-order chi connectivity index (χ1) is 8.99. The molecule has 0 saturated carbocycles. The largest absolute Gasteiger partial charge is 0.508 e. The van der Waals surface area contributed by atoms with Gasteiger partial charge in [-0.2, -0.15) is 0 Å². The minimum absolute atomic E-state index is 0.0192. The number of hydrogen-bond acceptors (Lipinski definition) is 4. The zero-order valence-corrected chi connectivity index (χ0v) is 11.0. The van der Waals surface area contributed by atoms with Crippen LogP contribution in [0.4, 0.5) is 0 Å². The van der Waals surface area contributed by atoms with Crippen LogP contribution in [0.2, 0.25) is 0 Å². The summed E-state index contributed by atoms with van der Waals surface area (Å²) in [4.78, 5) is 14.2. The first-order valence-electron chi connectivity index (χ1n) is 6.58. The Hall–Kier alpha value is -1.75. The highest BCUT2D eigenvalue weighted by atomic mass is 16.3. The second-order valence-corrected chi connectivity index (χ2v) is 5.16. The number of amides is 1. The predicted octanol–water partition coefficient (Wildman–Crippen LogP) is 1.44. The lowest BCUT2D eigenvalue weighted by Crippen LogP contribution is -2.51. The zero-order chi connectivity index (χ0) is 14.0. The Morgan fingerprint density at radius 3 is 2.53 bits per heavy atom. The van der Waals surface area contributed by atoms with Crippen LogP contribution in [-0.2, 0) is 0 Å². The third kappa shape index (κ3) is 2.98. The average molecular weight is 264 g/mol. The first-order valence-corrected chi connectivity index (χ1v) is 6.58. The molecule has 2 unspecified atom stereocenters. The normalized spacial score (nSPS) is 21.2. The van der Waals surface area contributed by atoms with Crippen LogP contribution in [0.15, 0.2) is 18.2 Å². The number of likely N-dealkylation sites (tertiary alicyclic amines) is 1. The van der Waals surface area contributed by atoms with Gasteiger partial charge in [0.15, 0.2) is 0 Å². The third-order valence-corrected chi connectivity index (χ3v) is 3.57. The van der Waals surface area contributed by atoms with Gasteiger partial charge in [0, 0.05) is 30.3 Å². The molecule has 0 radical (unpaired) electrons. The lowest BCUT2D eigenvalue weighted by molar-refractivity contribution is 0.0583. The molecule has 5 nitrogen and oxygen atoms in total. The molecule has 4 N–H and O–H groups in total. The van der Waals surface area contributed by atoms with E-state index in [-0.39, 0.29) is 29.5 Å². The van der Waals surface area contributed by atoms with Crippen molar-refractivity contribution in [2.24, 2.45) is 5.73 Å². The summed E-state index contributed by atoms with van der Waals surface area (Å²) < 4.78 is 0. The Bertz CT molecular complexity index is 454. The Kier molecular flexibility index (Phi) is 3.95. The molecule has 1 fully saturated rings. The number of carbonyl (C=O) groups excluding carboxylic acids is 1. The van der Waals surface area contributed by atoms with E-state index in [9.17, 15) is 15.0 Å². The van der Waals surface area contributed by atoms with Gasteiger partial charge in [-0.05, 0) is 38.3 Å². The van der Waals surface area contributed by atoms with E-state index in [4.69, 9.17) is 5.73 Å². The monoisotopic (exact) mass is 264 g/mol. The van der Waals surface area contributed by atoms with Crippen molar-refractivity contribution in [3.8, 4) is 11.5 Å². The number of aromatic hydroxyl groups is 2. The second kappa shape index (κ2) is 5.48. The molecular weight excluding hydrogens is 244 g/mol. The molecule has 0 aromatic heterocycles. The highest BCUT2D eigenvalue weighted by molar-refractivity contribution is 5.95. The van der Waals surface area contributed by atoms with Gasteiger partial charge >= 0.3 is 0 Å². The molecule has 1 saturated heterocycles. The number of hydrogen-bond donors (Lipinski definition) is 3. The van der Waals surface area contributed by atoms with Gasteiger partial charge in [0.25, 0.3) is 5.91 Å². The molecule has 1 amide bonds. The highest BCUT2D eigenvalue weighted by Gasteiger charge is 2.30. The molecule has 2 atom stereocenters. The van der Waals surface area contributed by atoms with Crippen molar-refractivity contribution in [1.29, 1.82) is 0 Å². The van der Waals surface area contributed by atoms with Crippen molar-refractivity contribution in [1.82, 2.24) is 4.90 Å². The first kappa shape index (κ1) is 13.7. The summed E-state index contributed by atoms with van der Waals surface area (Å²) in [7, 11) is 0. The maximum atomic E-state index is 12.5. The molecule has 0 aliphatic carbocycles. The number of piperidine rings is 1. The Labute approximate surface area is 112 Å². The number of carbonyl (C=O) groups is 1. The summed E-state index contributed by atoms with van der Waals surface area (Å²) in [6.07, 6.45) is 2.93. The fraction of sp³-hybridized carbons (Fsp3) is 0.500. The Morgan fingerprint density at radius 1 is 1.32 bits per heavy atom. The summed E-state index contributed by atoms with van der Waals surface area (Å²) in [6.45, 7) is 2.57. The van der Waals surface area contributed by atoms with Crippen molar-refractivity contribution in [3.05, 3.63) is 23.8 Å². The molecule has 0 bridgehead atoms. The number of phenolic OH excluding ortho intramolecular Hbond substituents is 2. The van der Waals surface area contributed by atoms with Gasteiger partial charge < -0.3 is 20.8 Å². The molecule has 1 aromatic rings. The van der Waals surface area contributed by atoms with Crippen molar-refractivity contribution in [2.75, 3.05) is 6.54 Å². The van der Waals surface area contributed by atoms with E-state index in [0.29, 0.717) is 12.1 Å². The van der Waals surface area contributed by atoms with Crippen molar-refractivity contribution in [2.45, 2.75) is 38.3 Å². The summed E-state index contributed by atoms with van der Waals surface area (Å²) in [6, 6.07) is 3.88. The molecule has 1 aliphatic heterocycles. The van der Waals surface area contributed by atoms with Gasteiger partial charge in [0.1, 0.15) is 11.5 Å². The van der Waals surface area contributed by atoms with E-state index < -0.39 is 0 Å². The molecule has 2 rings (SSSR count).